The first kappa shape index (κ1) is 12.9. The van der Waals surface area contributed by atoms with Crippen LogP contribution in [0.3, 0.4) is 0 Å². The first-order valence-electron chi connectivity index (χ1n) is 6.97. The Morgan fingerprint density at radius 3 is 2.18 bits per heavy atom. The normalized spacial score (nSPS) is 43.8. The average Bonchev–Trinajstić information content (AvgIpc) is 2.58. The van der Waals surface area contributed by atoms with E-state index in [0.717, 1.165) is 24.8 Å². The number of carboxylic acids is 1. The van der Waals surface area contributed by atoms with Gasteiger partial charge in [-0.25, -0.2) is 0 Å². The van der Waals surface area contributed by atoms with E-state index in [4.69, 9.17) is 0 Å². The molecule has 0 aromatic rings. The summed E-state index contributed by atoms with van der Waals surface area (Å²) in [5, 5.41) is 9.18. The van der Waals surface area contributed by atoms with Crippen molar-refractivity contribution in [2.24, 2.45) is 17.8 Å². The second-order valence-electron chi connectivity index (χ2n) is 6.28. The van der Waals surface area contributed by atoms with Gasteiger partial charge >= 0.3 is 5.97 Å². The summed E-state index contributed by atoms with van der Waals surface area (Å²) < 4.78 is 0. The predicted molar refractivity (Wildman–Crippen MR) is 67.9 cm³/mol. The summed E-state index contributed by atoms with van der Waals surface area (Å²) in [4.78, 5) is 13.6. The Kier molecular flexibility index (Phi) is 3.76. The Morgan fingerprint density at radius 1 is 1.12 bits per heavy atom. The van der Waals surface area contributed by atoms with Crippen LogP contribution in [-0.2, 0) is 4.79 Å². The van der Waals surface area contributed by atoms with E-state index in [1.807, 2.05) is 0 Å². The Labute approximate surface area is 104 Å². The summed E-state index contributed by atoms with van der Waals surface area (Å²) >= 11 is 0. The molecule has 17 heavy (non-hydrogen) atoms. The van der Waals surface area contributed by atoms with E-state index in [1.165, 1.54) is 19.3 Å². The summed E-state index contributed by atoms with van der Waals surface area (Å²) in [7, 11) is 0. The van der Waals surface area contributed by atoms with E-state index in [2.05, 4.69) is 25.7 Å². The molecule has 1 heterocycles. The fourth-order valence-corrected chi connectivity index (χ4v) is 3.98. The van der Waals surface area contributed by atoms with Crippen molar-refractivity contribution in [1.82, 2.24) is 4.90 Å². The molecule has 0 spiro atoms. The van der Waals surface area contributed by atoms with Crippen molar-refractivity contribution in [2.45, 2.75) is 58.5 Å². The van der Waals surface area contributed by atoms with Crippen molar-refractivity contribution in [2.75, 3.05) is 6.54 Å². The second kappa shape index (κ2) is 4.97. The molecule has 4 atom stereocenters. The van der Waals surface area contributed by atoms with Gasteiger partial charge in [-0.1, -0.05) is 13.8 Å². The van der Waals surface area contributed by atoms with Gasteiger partial charge in [0.25, 0.3) is 0 Å². The molecule has 1 aliphatic heterocycles. The maximum Gasteiger partial charge on any atom is 0.308 e. The van der Waals surface area contributed by atoms with Gasteiger partial charge in [0.15, 0.2) is 0 Å². The van der Waals surface area contributed by atoms with Gasteiger partial charge in [0.1, 0.15) is 0 Å². The highest BCUT2D eigenvalue weighted by molar-refractivity contribution is 5.71. The number of carbonyl (C=O) groups is 1. The topological polar surface area (TPSA) is 40.5 Å². The number of nitrogens with zero attached hydrogens (tertiary/aromatic N) is 1. The van der Waals surface area contributed by atoms with Crippen molar-refractivity contribution >= 4 is 5.97 Å². The van der Waals surface area contributed by atoms with Crippen molar-refractivity contribution < 1.29 is 9.90 Å². The van der Waals surface area contributed by atoms with Gasteiger partial charge in [0, 0.05) is 12.1 Å². The van der Waals surface area contributed by atoms with Crippen LogP contribution in [0, 0.1) is 17.8 Å². The Bertz CT molecular complexity index is 282. The van der Waals surface area contributed by atoms with Gasteiger partial charge in [-0.05, 0) is 51.0 Å². The molecule has 1 aliphatic carbocycles. The number of rotatable bonds is 2. The fourth-order valence-electron chi connectivity index (χ4n) is 3.98. The highest BCUT2D eigenvalue weighted by Gasteiger charge is 2.40. The Hall–Kier alpha value is -0.570. The number of hydrogen-bond acceptors (Lipinski definition) is 2. The molecule has 0 bridgehead atoms. The van der Waals surface area contributed by atoms with E-state index in [1.54, 1.807) is 0 Å². The molecule has 1 saturated carbocycles. The Balaban J connectivity index is 2.01. The van der Waals surface area contributed by atoms with E-state index < -0.39 is 5.97 Å². The summed E-state index contributed by atoms with van der Waals surface area (Å²) in [6, 6.07) is 0.836. The van der Waals surface area contributed by atoms with Gasteiger partial charge in [0.05, 0.1) is 5.92 Å². The molecule has 3 nitrogen and oxygen atoms in total. The summed E-state index contributed by atoms with van der Waals surface area (Å²) in [6.45, 7) is 7.73. The lowest BCUT2D eigenvalue weighted by Crippen LogP contribution is -2.44. The summed E-state index contributed by atoms with van der Waals surface area (Å²) in [5.74, 6) is 0.819. The zero-order valence-electron chi connectivity index (χ0n) is 11.2. The molecule has 0 aromatic carbocycles. The minimum Gasteiger partial charge on any atom is -0.481 e. The molecule has 2 rings (SSSR count). The summed E-state index contributed by atoms with van der Waals surface area (Å²) in [6.07, 6.45) is 4.67. The molecule has 4 unspecified atom stereocenters. The van der Waals surface area contributed by atoms with Crippen molar-refractivity contribution in [3.8, 4) is 0 Å². The van der Waals surface area contributed by atoms with Crippen molar-refractivity contribution in [3.63, 3.8) is 0 Å². The SMILES string of the molecule is CC1CC(C)CC(N2CCC(C(=O)O)C2C)C1. The van der Waals surface area contributed by atoms with Crippen LogP contribution in [0.4, 0.5) is 0 Å². The van der Waals surface area contributed by atoms with Gasteiger partial charge in [-0.3, -0.25) is 9.69 Å². The zero-order chi connectivity index (χ0) is 12.6. The zero-order valence-corrected chi connectivity index (χ0v) is 11.2. The molecule has 2 fully saturated rings. The third-order valence-electron chi connectivity index (χ3n) is 4.74. The maximum atomic E-state index is 11.1. The van der Waals surface area contributed by atoms with Crippen LogP contribution in [0.25, 0.3) is 0 Å². The average molecular weight is 239 g/mol. The molecule has 3 heteroatoms. The van der Waals surface area contributed by atoms with Gasteiger partial charge in [-0.15, -0.1) is 0 Å². The molecule has 0 radical (unpaired) electrons. The first-order valence-corrected chi connectivity index (χ1v) is 6.97. The van der Waals surface area contributed by atoms with Crippen LogP contribution >= 0.6 is 0 Å². The molecule has 1 N–H and O–H groups in total. The fraction of sp³-hybridized carbons (Fsp3) is 0.929. The van der Waals surface area contributed by atoms with Crippen LogP contribution in [0.15, 0.2) is 0 Å². The van der Waals surface area contributed by atoms with Gasteiger partial charge < -0.3 is 5.11 Å². The van der Waals surface area contributed by atoms with E-state index in [-0.39, 0.29) is 12.0 Å². The lowest BCUT2D eigenvalue weighted by Gasteiger charge is -2.39. The van der Waals surface area contributed by atoms with Crippen LogP contribution in [0.1, 0.15) is 46.5 Å². The smallest absolute Gasteiger partial charge is 0.308 e. The number of carboxylic acid groups (broad SMARTS) is 1. The predicted octanol–water partition coefficient (Wildman–Crippen LogP) is 2.61. The second-order valence-corrected chi connectivity index (χ2v) is 6.28. The highest BCUT2D eigenvalue weighted by atomic mass is 16.4. The van der Waals surface area contributed by atoms with Crippen molar-refractivity contribution in [1.29, 1.82) is 0 Å². The van der Waals surface area contributed by atoms with Crippen molar-refractivity contribution in [3.05, 3.63) is 0 Å². The lowest BCUT2D eigenvalue weighted by atomic mass is 9.79. The maximum absolute atomic E-state index is 11.1. The molecular weight excluding hydrogens is 214 g/mol. The number of likely N-dealkylation sites (tertiary alicyclic amines) is 1. The molecule has 1 saturated heterocycles. The van der Waals surface area contributed by atoms with E-state index in [9.17, 15) is 9.90 Å². The third-order valence-corrected chi connectivity index (χ3v) is 4.74. The number of aliphatic carboxylic acids is 1. The van der Waals surface area contributed by atoms with Crippen LogP contribution < -0.4 is 0 Å². The van der Waals surface area contributed by atoms with Crippen LogP contribution in [0.2, 0.25) is 0 Å². The minimum atomic E-state index is -0.614. The Morgan fingerprint density at radius 2 is 1.71 bits per heavy atom. The molecule has 0 aromatic heterocycles. The largest absolute Gasteiger partial charge is 0.481 e. The highest BCUT2D eigenvalue weighted by Crippen LogP contribution is 2.36. The van der Waals surface area contributed by atoms with Crippen LogP contribution in [-0.4, -0.2) is 34.6 Å². The van der Waals surface area contributed by atoms with Gasteiger partial charge in [0.2, 0.25) is 0 Å². The lowest BCUT2D eigenvalue weighted by molar-refractivity contribution is -0.142. The van der Waals surface area contributed by atoms with E-state index >= 15 is 0 Å². The van der Waals surface area contributed by atoms with E-state index in [0.29, 0.717) is 6.04 Å². The molecular formula is C14H25NO2. The molecule has 0 amide bonds. The minimum absolute atomic E-state index is 0.150. The molecule has 2 aliphatic rings. The van der Waals surface area contributed by atoms with Crippen LogP contribution in [0.5, 0.6) is 0 Å². The third kappa shape index (κ3) is 2.65. The first-order chi connectivity index (χ1) is 7.99. The molecule has 98 valence electrons. The summed E-state index contributed by atoms with van der Waals surface area (Å²) in [5.41, 5.74) is 0. The van der Waals surface area contributed by atoms with Gasteiger partial charge in [-0.2, -0.15) is 0 Å². The monoisotopic (exact) mass is 239 g/mol. The number of hydrogen-bond donors (Lipinski definition) is 1. The standard InChI is InChI=1S/C14H25NO2/c1-9-6-10(2)8-12(7-9)15-5-4-13(11(15)3)14(16)17/h9-13H,4-8H2,1-3H3,(H,16,17). The quantitative estimate of drug-likeness (QED) is 0.805.